The van der Waals surface area contributed by atoms with Crippen molar-refractivity contribution in [1.29, 1.82) is 0 Å². The third-order valence-electron chi connectivity index (χ3n) is 3.74. The van der Waals surface area contributed by atoms with Crippen molar-refractivity contribution in [2.24, 2.45) is 7.05 Å². The Kier molecular flexibility index (Phi) is 5.72. The second-order valence-electron chi connectivity index (χ2n) is 5.45. The van der Waals surface area contributed by atoms with E-state index in [9.17, 15) is 4.79 Å². The van der Waals surface area contributed by atoms with Crippen molar-refractivity contribution in [3.05, 3.63) is 62.5 Å². The highest BCUT2D eigenvalue weighted by Gasteiger charge is 2.15. The number of aromatic nitrogens is 4. The molecule has 0 fully saturated rings. The van der Waals surface area contributed by atoms with Gasteiger partial charge in [0.25, 0.3) is 5.56 Å². The highest BCUT2D eigenvalue weighted by atomic mass is 35.5. The molecule has 0 atom stereocenters. The number of halogens is 2. The van der Waals surface area contributed by atoms with Crippen molar-refractivity contribution in [1.82, 2.24) is 19.3 Å². The van der Waals surface area contributed by atoms with Gasteiger partial charge in [0.2, 0.25) is 0 Å². The maximum absolute atomic E-state index is 12.9. The summed E-state index contributed by atoms with van der Waals surface area (Å²) in [6, 6.07) is 8.73. The lowest BCUT2D eigenvalue weighted by atomic mass is 10.2. The van der Waals surface area contributed by atoms with Gasteiger partial charge in [0.1, 0.15) is 0 Å². The molecule has 132 valence electrons. The molecule has 1 aromatic carbocycles. The molecular formula is C18H14Cl2N4OS. The van der Waals surface area contributed by atoms with Crippen LogP contribution in [-0.2, 0) is 13.6 Å². The predicted octanol–water partition coefficient (Wildman–Crippen LogP) is 3.72. The van der Waals surface area contributed by atoms with E-state index in [2.05, 4.69) is 16.1 Å². The van der Waals surface area contributed by atoms with Gasteiger partial charge in [-0.15, -0.1) is 16.6 Å². The maximum atomic E-state index is 12.9. The average molecular weight is 405 g/mol. The number of hydrogen-bond acceptors (Lipinski definition) is 4. The van der Waals surface area contributed by atoms with E-state index in [1.54, 1.807) is 52.7 Å². The number of nitrogens with zero attached hydrogens (tertiary/aromatic N) is 4. The molecule has 2 heterocycles. The quantitative estimate of drug-likeness (QED) is 0.480. The van der Waals surface area contributed by atoms with Gasteiger partial charge in [-0.1, -0.05) is 47.0 Å². The van der Waals surface area contributed by atoms with E-state index < -0.39 is 0 Å². The summed E-state index contributed by atoms with van der Waals surface area (Å²) in [4.78, 5) is 12.9. The van der Waals surface area contributed by atoms with Crippen molar-refractivity contribution in [2.75, 3.05) is 5.75 Å². The molecule has 0 saturated heterocycles. The number of pyridine rings is 1. The summed E-state index contributed by atoms with van der Waals surface area (Å²) in [5.74, 6) is 3.52. The topological polar surface area (TPSA) is 52.7 Å². The minimum absolute atomic E-state index is 0.178. The number of hydrogen-bond donors (Lipinski definition) is 0. The van der Waals surface area contributed by atoms with E-state index >= 15 is 0 Å². The second kappa shape index (κ2) is 8.00. The Morgan fingerprint density at radius 2 is 2.08 bits per heavy atom. The summed E-state index contributed by atoms with van der Waals surface area (Å²) in [5, 5.41) is 9.98. The molecule has 0 unspecified atom stereocenters. The first-order valence-corrected chi connectivity index (χ1v) is 9.35. The summed E-state index contributed by atoms with van der Waals surface area (Å²) < 4.78 is 3.34. The Bertz CT molecular complexity index is 1050. The zero-order valence-electron chi connectivity index (χ0n) is 13.8. The molecule has 3 aromatic rings. The summed E-state index contributed by atoms with van der Waals surface area (Å²) in [6.45, 7) is 0.333. The van der Waals surface area contributed by atoms with Crippen molar-refractivity contribution in [2.45, 2.75) is 11.7 Å². The lowest BCUT2D eigenvalue weighted by Crippen LogP contribution is -2.22. The standard InChI is InChI=1S/C18H14Cl2N4OS/c1-3-9-26-18-22-21-16(23(18)2)14-5-4-8-24(17(14)25)11-12-6-7-13(19)10-15(12)20/h1,4-8,10H,9,11H2,2H3. The molecule has 0 spiro atoms. The van der Waals surface area contributed by atoms with Crippen LogP contribution in [-0.4, -0.2) is 25.1 Å². The molecule has 0 saturated carbocycles. The van der Waals surface area contributed by atoms with Crippen LogP contribution in [0.1, 0.15) is 5.56 Å². The van der Waals surface area contributed by atoms with E-state index in [1.807, 2.05) is 0 Å². The molecule has 0 aliphatic rings. The van der Waals surface area contributed by atoms with Crippen LogP contribution >= 0.6 is 35.0 Å². The Balaban J connectivity index is 1.97. The van der Waals surface area contributed by atoms with Gasteiger partial charge < -0.3 is 9.13 Å². The predicted molar refractivity (Wildman–Crippen MR) is 106 cm³/mol. The summed E-state index contributed by atoms with van der Waals surface area (Å²) in [7, 11) is 1.81. The van der Waals surface area contributed by atoms with E-state index in [0.29, 0.717) is 38.9 Å². The van der Waals surface area contributed by atoms with Gasteiger partial charge in [0.15, 0.2) is 11.0 Å². The van der Waals surface area contributed by atoms with Gasteiger partial charge >= 0.3 is 0 Å². The molecule has 0 N–H and O–H groups in total. The Morgan fingerprint density at radius 3 is 2.81 bits per heavy atom. The molecule has 5 nitrogen and oxygen atoms in total. The average Bonchev–Trinajstić information content (AvgIpc) is 2.97. The largest absolute Gasteiger partial charge is 0.310 e. The molecule has 0 bridgehead atoms. The fraction of sp³-hybridized carbons (Fsp3) is 0.167. The van der Waals surface area contributed by atoms with E-state index in [1.165, 1.54) is 11.8 Å². The molecule has 0 radical (unpaired) electrons. The molecule has 8 heteroatoms. The van der Waals surface area contributed by atoms with E-state index in [0.717, 1.165) is 5.56 Å². The fourth-order valence-corrected chi connectivity index (χ4v) is 3.51. The first kappa shape index (κ1) is 18.6. The minimum atomic E-state index is -0.178. The molecule has 0 aliphatic carbocycles. The Hall–Kier alpha value is -2.20. The lowest BCUT2D eigenvalue weighted by Gasteiger charge is -2.10. The van der Waals surface area contributed by atoms with Gasteiger partial charge in [-0.3, -0.25) is 4.79 Å². The molecule has 3 rings (SSSR count). The van der Waals surface area contributed by atoms with Crippen LogP contribution in [0, 0.1) is 12.3 Å². The van der Waals surface area contributed by atoms with Crippen LogP contribution < -0.4 is 5.56 Å². The monoisotopic (exact) mass is 404 g/mol. The van der Waals surface area contributed by atoms with Crippen molar-refractivity contribution in [3.63, 3.8) is 0 Å². The molecule has 0 aliphatic heterocycles. The maximum Gasteiger partial charge on any atom is 0.261 e. The minimum Gasteiger partial charge on any atom is -0.310 e. The first-order chi connectivity index (χ1) is 12.5. The number of benzene rings is 1. The fourth-order valence-electron chi connectivity index (χ4n) is 2.45. The summed E-state index contributed by atoms with van der Waals surface area (Å²) in [5.41, 5.74) is 1.08. The van der Waals surface area contributed by atoms with Crippen LogP contribution in [0.2, 0.25) is 10.0 Å². The third-order valence-corrected chi connectivity index (χ3v) is 5.25. The first-order valence-electron chi connectivity index (χ1n) is 7.60. The molecule has 2 aromatic heterocycles. The zero-order valence-corrected chi connectivity index (χ0v) is 16.1. The van der Waals surface area contributed by atoms with Crippen LogP contribution in [0.3, 0.4) is 0 Å². The van der Waals surface area contributed by atoms with Crippen LogP contribution in [0.15, 0.2) is 46.5 Å². The van der Waals surface area contributed by atoms with Gasteiger partial charge in [0.05, 0.1) is 17.9 Å². The van der Waals surface area contributed by atoms with Crippen LogP contribution in [0.4, 0.5) is 0 Å². The van der Waals surface area contributed by atoms with E-state index in [4.69, 9.17) is 29.6 Å². The van der Waals surface area contributed by atoms with Gasteiger partial charge in [-0.2, -0.15) is 0 Å². The van der Waals surface area contributed by atoms with Gasteiger partial charge in [0, 0.05) is 23.3 Å². The van der Waals surface area contributed by atoms with Crippen molar-refractivity contribution in [3.8, 4) is 23.7 Å². The SMILES string of the molecule is C#CCSc1nnc(-c2cccn(Cc3ccc(Cl)cc3Cl)c2=O)n1C. The lowest BCUT2D eigenvalue weighted by molar-refractivity contribution is 0.754. The number of terminal acetylenes is 1. The normalized spacial score (nSPS) is 10.7. The second-order valence-corrected chi connectivity index (χ2v) is 7.23. The Morgan fingerprint density at radius 1 is 1.27 bits per heavy atom. The van der Waals surface area contributed by atoms with Crippen molar-refractivity contribution < 1.29 is 0 Å². The number of rotatable bonds is 5. The van der Waals surface area contributed by atoms with Gasteiger partial charge in [-0.25, -0.2) is 0 Å². The smallest absolute Gasteiger partial charge is 0.261 e. The van der Waals surface area contributed by atoms with Crippen LogP contribution in [0.25, 0.3) is 11.4 Å². The zero-order chi connectivity index (χ0) is 18.7. The molecule has 0 amide bonds. The van der Waals surface area contributed by atoms with Crippen LogP contribution in [0.5, 0.6) is 0 Å². The highest BCUT2D eigenvalue weighted by Crippen LogP contribution is 2.23. The number of thioether (sulfide) groups is 1. The van der Waals surface area contributed by atoms with Gasteiger partial charge in [-0.05, 0) is 29.8 Å². The highest BCUT2D eigenvalue weighted by molar-refractivity contribution is 7.99. The summed E-state index contributed by atoms with van der Waals surface area (Å²) in [6.07, 6.45) is 6.99. The summed E-state index contributed by atoms with van der Waals surface area (Å²) >= 11 is 13.5. The third kappa shape index (κ3) is 3.80. The van der Waals surface area contributed by atoms with Crippen molar-refractivity contribution >= 4 is 35.0 Å². The molecular weight excluding hydrogens is 391 g/mol. The molecule has 26 heavy (non-hydrogen) atoms. The Labute approximate surface area is 165 Å². The van der Waals surface area contributed by atoms with E-state index in [-0.39, 0.29) is 5.56 Å².